The predicted molar refractivity (Wildman–Crippen MR) is 262 cm³/mol. The highest BCUT2D eigenvalue weighted by atomic mass is 35.5. The number of rotatable bonds is 27. The van der Waals surface area contributed by atoms with Crippen LogP contribution in [-0.4, -0.2) is 155 Å². The number of nitrogens with zero attached hydrogens (tertiary/aromatic N) is 8. The molecule has 5 heterocycles. The lowest BCUT2D eigenvalue weighted by Gasteiger charge is -2.27. The minimum atomic E-state index is -3.81. The molecule has 0 aliphatic carbocycles. The first-order chi connectivity index (χ1) is 34.9. The lowest BCUT2D eigenvalue weighted by atomic mass is 10.0. The Hall–Kier alpha value is -6.97. The number of aromatic nitrogens is 7. The standard InChI is InChI=1S/C46H55ClFN13O11S/c1-27(2)60-24-33(42(56-60)32-20-29(47)21-36(41(32)48)57-73(4,67)68)34-10-11-50-46(53-34)51-22-28(3)52-39(63)26-72-19-17-70-15-13-59-23-30(55-58-59)25-71-18-16-69-14-12-49-35-7-5-6-31-40(35)45(66)61(44(31)65)37-8-9-38(62)54-43(37)64/h5-7,10-11,20-21,23-24,27-28,37,49,57H,8-9,12-19,22,25-26H2,1-4H3,(H,52,63)(H,50,51,53)(H,54,62,64). The van der Waals surface area contributed by atoms with Crippen molar-refractivity contribution < 1.29 is 55.7 Å². The SMILES string of the molecule is CC(CNc1nccc(-c2cn(C(C)C)nc2-c2cc(Cl)cc(NS(C)(=O)=O)c2F)n1)NC(=O)COCCOCCn1cc(COCCOCCNc2cccc3c2C(=O)N(C2CCC(=O)NC2=O)C3=O)nn1. The number of halogens is 2. The van der Waals surface area contributed by atoms with E-state index in [0.29, 0.717) is 42.3 Å². The van der Waals surface area contributed by atoms with E-state index < -0.39 is 45.5 Å². The van der Waals surface area contributed by atoms with Crippen LogP contribution < -0.4 is 26.0 Å². The van der Waals surface area contributed by atoms with Crippen molar-refractivity contribution in [2.24, 2.45) is 0 Å². The normalized spacial score (nSPS) is 15.2. The van der Waals surface area contributed by atoms with E-state index in [0.717, 1.165) is 11.2 Å². The predicted octanol–water partition coefficient (Wildman–Crippen LogP) is 3.04. The van der Waals surface area contributed by atoms with Crippen molar-refractivity contribution in [1.82, 2.24) is 50.3 Å². The van der Waals surface area contributed by atoms with Gasteiger partial charge in [0, 0.05) is 65.8 Å². The molecule has 3 aromatic heterocycles. The summed E-state index contributed by atoms with van der Waals surface area (Å²) in [7, 11) is -3.81. The van der Waals surface area contributed by atoms with Gasteiger partial charge >= 0.3 is 0 Å². The Balaban J connectivity index is 0.739. The van der Waals surface area contributed by atoms with Crippen molar-refractivity contribution in [2.45, 2.75) is 64.9 Å². The molecule has 1 fully saturated rings. The van der Waals surface area contributed by atoms with Crippen LogP contribution in [0.25, 0.3) is 22.5 Å². The molecule has 27 heteroatoms. The number of ether oxygens (including phenoxy) is 4. The smallest absolute Gasteiger partial charge is 0.264 e. The Kier molecular flexibility index (Phi) is 18.2. The van der Waals surface area contributed by atoms with Crippen molar-refractivity contribution in [3.8, 4) is 22.5 Å². The molecule has 73 heavy (non-hydrogen) atoms. The molecular weight excluding hydrogens is 997 g/mol. The van der Waals surface area contributed by atoms with Gasteiger partial charge in [0.2, 0.25) is 33.7 Å². The zero-order valence-corrected chi connectivity index (χ0v) is 41.9. The molecule has 0 bridgehead atoms. The third-order valence-corrected chi connectivity index (χ3v) is 11.9. The van der Waals surface area contributed by atoms with Crippen LogP contribution in [0.2, 0.25) is 5.02 Å². The molecule has 2 aliphatic heterocycles. The average molecular weight is 1050 g/mol. The number of carbonyl (C=O) groups excluding carboxylic acids is 5. The van der Waals surface area contributed by atoms with Crippen LogP contribution in [0.1, 0.15) is 66.1 Å². The summed E-state index contributed by atoms with van der Waals surface area (Å²) in [4.78, 5) is 72.7. The molecule has 5 N–H and O–H groups in total. The molecule has 0 saturated carbocycles. The summed E-state index contributed by atoms with van der Waals surface area (Å²) < 4.78 is 67.4. The van der Waals surface area contributed by atoms with Crippen LogP contribution in [0, 0.1) is 5.82 Å². The van der Waals surface area contributed by atoms with Crippen LogP contribution in [0.4, 0.5) is 21.7 Å². The molecule has 2 atom stereocenters. The van der Waals surface area contributed by atoms with Crippen molar-refractivity contribution in [2.75, 3.05) is 80.9 Å². The summed E-state index contributed by atoms with van der Waals surface area (Å²) in [6.07, 6.45) is 5.99. The van der Waals surface area contributed by atoms with Gasteiger partial charge in [0.05, 0.1) is 87.8 Å². The van der Waals surface area contributed by atoms with Crippen molar-refractivity contribution >= 4 is 68.5 Å². The number of carbonyl (C=O) groups is 5. The second kappa shape index (κ2) is 24.6. The molecule has 390 valence electrons. The van der Waals surface area contributed by atoms with Gasteiger partial charge in [0.25, 0.3) is 11.8 Å². The Morgan fingerprint density at radius 2 is 1.68 bits per heavy atom. The van der Waals surface area contributed by atoms with Gasteiger partial charge in [-0.2, -0.15) is 5.10 Å². The average Bonchev–Trinajstić information content (AvgIpc) is 4.06. The fraction of sp³-hybridized carbons (Fsp3) is 0.435. The van der Waals surface area contributed by atoms with E-state index in [-0.39, 0.29) is 123 Å². The highest BCUT2D eigenvalue weighted by molar-refractivity contribution is 7.92. The van der Waals surface area contributed by atoms with Gasteiger partial charge in [-0.25, -0.2) is 27.5 Å². The first-order valence-corrected chi connectivity index (χ1v) is 25.4. The number of nitrogens with one attached hydrogen (secondary N) is 5. The van der Waals surface area contributed by atoms with Crippen LogP contribution >= 0.6 is 11.6 Å². The Bertz CT molecular complexity index is 2940. The summed E-state index contributed by atoms with van der Waals surface area (Å²) in [6.45, 7) is 8.23. The fourth-order valence-electron chi connectivity index (χ4n) is 7.66. The second-order valence-corrected chi connectivity index (χ2v) is 19.4. The highest BCUT2D eigenvalue weighted by Gasteiger charge is 2.45. The van der Waals surface area contributed by atoms with E-state index in [1.54, 1.807) is 46.9 Å². The number of anilines is 3. The van der Waals surface area contributed by atoms with Gasteiger partial charge in [-0.1, -0.05) is 22.9 Å². The Morgan fingerprint density at radius 3 is 2.45 bits per heavy atom. The third-order valence-electron chi connectivity index (χ3n) is 11.1. The van der Waals surface area contributed by atoms with Crippen molar-refractivity contribution in [3.05, 3.63) is 82.6 Å². The summed E-state index contributed by atoms with van der Waals surface area (Å²) in [5, 5.41) is 24.1. The zero-order chi connectivity index (χ0) is 52.2. The second-order valence-electron chi connectivity index (χ2n) is 17.2. The monoisotopic (exact) mass is 1050 g/mol. The van der Waals surface area contributed by atoms with E-state index >= 15 is 4.39 Å². The Morgan fingerprint density at radius 1 is 0.918 bits per heavy atom. The van der Waals surface area contributed by atoms with E-state index in [2.05, 4.69) is 51.4 Å². The highest BCUT2D eigenvalue weighted by Crippen LogP contribution is 2.37. The lowest BCUT2D eigenvalue weighted by Crippen LogP contribution is -2.54. The van der Waals surface area contributed by atoms with Crippen LogP contribution in [-0.2, 0) is 56.5 Å². The van der Waals surface area contributed by atoms with Crippen LogP contribution in [0.5, 0.6) is 0 Å². The molecule has 5 amide bonds. The summed E-state index contributed by atoms with van der Waals surface area (Å²) in [5.41, 5.74) is 2.13. The number of imide groups is 2. The van der Waals surface area contributed by atoms with Gasteiger partial charge in [-0.3, -0.25) is 43.6 Å². The number of piperidine rings is 1. The number of fused-ring (bicyclic) bond motifs is 1. The van der Waals surface area contributed by atoms with Crippen LogP contribution in [0.3, 0.4) is 0 Å². The molecule has 1 saturated heterocycles. The minimum absolute atomic E-state index is 0.0256. The molecular formula is C46H55ClFN13O11S. The molecule has 0 spiro atoms. The minimum Gasteiger partial charge on any atom is -0.382 e. The Labute approximate surface area is 424 Å². The first kappa shape index (κ1) is 53.8. The maximum Gasteiger partial charge on any atom is 0.264 e. The quantitative estimate of drug-likeness (QED) is 0.0373. The van der Waals surface area contributed by atoms with Gasteiger partial charge < -0.3 is 34.9 Å². The van der Waals surface area contributed by atoms with Gasteiger partial charge in [-0.05, 0) is 57.5 Å². The van der Waals surface area contributed by atoms with E-state index in [1.165, 1.54) is 24.4 Å². The summed E-state index contributed by atoms with van der Waals surface area (Å²) in [6, 6.07) is 7.52. The largest absolute Gasteiger partial charge is 0.382 e. The fourth-order valence-corrected chi connectivity index (χ4v) is 8.42. The zero-order valence-electron chi connectivity index (χ0n) is 40.4. The van der Waals surface area contributed by atoms with Crippen LogP contribution in [0.15, 0.2) is 55.0 Å². The molecule has 7 rings (SSSR count). The van der Waals surface area contributed by atoms with Crippen molar-refractivity contribution in [1.29, 1.82) is 0 Å². The topological polar surface area (TPSA) is 294 Å². The van der Waals surface area contributed by atoms with Gasteiger partial charge in [0.15, 0.2) is 5.82 Å². The molecule has 0 radical (unpaired) electrons. The van der Waals surface area contributed by atoms with E-state index in [4.69, 9.17) is 30.5 Å². The third kappa shape index (κ3) is 14.4. The molecule has 5 aromatic rings. The number of hydrogen-bond acceptors (Lipinski definition) is 18. The lowest BCUT2D eigenvalue weighted by molar-refractivity contribution is -0.136. The van der Waals surface area contributed by atoms with Crippen molar-refractivity contribution in [3.63, 3.8) is 0 Å². The number of hydrogen-bond donors (Lipinski definition) is 5. The molecule has 24 nitrogen and oxygen atoms in total. The first-order valence-electron chi connectivity index (χ1n) is 23.2. The van der Waals surface area contributed by atoms with E-state index in [1.807, 2.05) is 13.8 Å². The molecule has 2 aliphatic rings. The number of sulfonamides is 1. The summed E-state index contributed by atoms with van der Waals surface area (Å²) >= 11 is 6.29. The maximum atomic E-state index is 15.8. The number of benzene rings is 2. The van der Waals surface area contributed by atoms with Gasteiger partial charge in [-0.15, -0.1) is 5.10 Å². The van der Waals surface area contributed by atoms with Gasteiger partial charge in [0.1, 0.15) is 24.0 Å². The summed E-state index contributed by atoms with van der Waals surface area (Å²) in [5.74, 6) is -3.23. The molecule has 2 unspecified atom stereocenters. The van der Waals surface area contributed by atoms with E-state index in [9.17, 15) is 32.4 Å². The molecule has 2 aromatic carbocycles. The maximum absolute atomic E-state index is 15.8. The number of amides is 5.